The maximum Gasteiger partial charge on any atom is 0.337 e. The molecule has 0 bridgehead atoms. The Labute approximate surface area is 123 Å². The quantitative estimate of drug-likeness (QED) is 0.847. The monoisotopic (exact) mass is 312 g/mol. The van der Waals surface area contributed by atoms with E-state index in [4.69, 9.17) is 0 Å². The summed E-state index contributed by atoms with van der Waals surface area (Å²) in [5.74, 6) is 0.649. The van der Waals surface area contributed by atoms with Crippen LogP contribution in [0.1, 0.15) is 23.1 Å². The standard InChI is InChI=1S/C12H12N2O2S3/c1-3-17-8-5-4-6-9(10(8)11(15)16)18-12-13-7(2)14-19-12/h4-6H,3H2,1-2H3,(H,15,16). The van der Waals surface area contributed by atoms with Crippen molar-refractivity contribution in [1.82, 2.24) is 9.36 Å². The van der Waals surface area contributed by atoms with Gasteiger partial charge in [-0.25, -0.2) is 9.78 Å². The molecule has 0 aliphatic heterocycles. The molecule has 1 heterocycles. The van der Waals surface area contributed by atoms with Gasteiger partial charge in [0.25, 0.3) is 0 Å². The third-order valence-corrected chi connectivity index (χ3v) is 5.05. The van der Waals surface area contributed by atoms with Crippen LogP contribution in [0.3, 0.4) is 0 Å². The van der Waals surface area contributed by atoms with Gasteiger partial charge in [-0.15, -0.1) is 11.8 Å². The van der Waals surface area contributed by atoms with Crippen molar-refractivity contribution in [2.75, 3.05) is 5.75 Å². The molecule has 2 aromatic rings. The lowest BCUT2D eigenvalue weighted by molar-refractivity contribution is 0.0689. The third-order valence-electron chi connectivity index (χ3n) is 2.21. The first-order chi connectivity index (χ1) is 9.11. The molecule has 0 atom stereocenters. The molecule has 7 heteroatoms. The summed E-state index contributed by atoms with van der Waals surface area (Å²) in [5.41, 5.74) is 0.354. The predicted molar refractivity (Wildman–Crippen MR) is 78.6 cm³/mol. The first-order valence-corrected chi connectivity index (χ1v) is 8.16. The molecular formula is C12H12N2O2S3. The summed E-state index contributed by atoms with van der Waals surface area (Å²) in [6.07, 6.45) is 0. The molecule has 0 amide bonds. The first kappa shape index (κ1) is 14.4. The van der Waals surface area contributed by atoms with Crippen molar-refractivity contribution in [3.8, 4) is 0 Å². The van der Waals surface area contributed by atoms with E-state index in [1.807, 2.05) is 32.0 Å². The zero-order valence-corrected chi connectivity index (χ0v) is 12.9. The Kier molecular flexibility index (Phi) is 4.84. The highest BCUT2D eigenvalue weighted by atomic mass is 32.2. The van der Waals surface area contributed by atoms with Crippen LogP contribution in [-0.4, -0.2) is 26.2 Å². The largest absolute Gasteiger partial charge is 0.478 e. The summed E-state index contributed by atoms with van der Waals surface area (Å²) < 4.78 is 4.87. The van der Waals surface area contributed by atoms with E-state index in [1.54, 1.807) is 0 Å². The van der Waals surface area contributed by atoms with Crippen molar-refractivity contribution in [2.45, 2.75) is 28.0 Å². The van der Waals surface area contributed by atoms with Crippen LogP contribution in [0.25, 0.3) is 0 Å². The molecule has 0 aliphatic rings. The fraction of sp³-hybridized carbons (Fsp3) is 0.250. The van der Waals surface area contributed by atoms with Gasteiger partial charge in [0.15, 0.2) is 4.34 Å². The molecular weight excluding hydrogens is 300 g/mol. The van der Waals surface area contributed by atoms with Gasteiger partial charge in [0.2, 0.25) is 0 Å². The second-order valence-electron chi connectivity index (χ2n) is 3.58. The van der Waals surface area contributed by atoms with E-state index >= 15 is 0 Å². The van der Waals surface area contributed by atoms with Crippen molar-refractivity contribution in [1.29, 1.82) is 0 Å². The number of rotatable bonds is 5. The normalized spacial score (nSPS) is 10.6. The Morgan fingerprint density at radius 2 is 2.16 bits per heavy atom. The average molecular weight is 312 g/mol. The minimum absolute atomic E-state index is 0.354. The maximum atomic E-state index is 11.5. The van der Waals surface area contributed by atoms with Crippen molar-refractivity contribution >= 4 is 41.0 Å². The molecule has 0 saturated heterocycles. The van der Waals surface area contributed by atoms with Crippen LogP contribution in [-0.2, 0) is 0 Å². The van der Waals surface area contributed by atoms with Crippen molar-refractivity contribution in [2.24, 2.45) is 0 Å². The summed E-state index contributed by atoms with van der Waals surface area (Å²) >= 11 is 4.17. The van der Waals surface area contributed by atoms with Crippen LogP contribution < -0.4 is 0 Å². The number of hydrogen-bond acceptors (Lipinski definition) is 6. The Hall–Kier alpha value is -1.05. The highest BCUT2D eigenvalue weighted by Gasteiger charge is 2.17. The molecule has 0 saturated carbocycles. The van der Waals surface area contributed by atoms with Gasteiger partial charge in [0.1, 0.15) is 5.82 Å². The highest BCUT2D eigenvalue weighted by Crippen LogP contribution is 2.36. The van der Waals surface area contributed by atoms with E-state index in [0.29, 0.717) is 16.3 Å². The number of nitrogens with zero attached hydrogens (tertiary/aromatic N) is 2. The number of aromatic carboxylic acids is 1. The van der Waals surface area contributed by atoms with Gasteiger partial charge in [0.05, 0.1) is 5.56 Å². The fourth-order valence-electron chi connectivity index (χ4n) is 1.50. The molecule has 1 N–H and O–H groups in total. The minimum Gasteiger partial charge on any atom is -0.478 e. The van der Waals surface area contributed by atoms with Gasteiger partial charge in [-0.1, -0.05) is 24.8 Å². The van der Waals surface area contributed by atoms with Crippen LogP contribution in [0.4, 0.5) is 0 Å². The molecule has 0 radical (unpaired) electrons. The number of aryl methyl sites for hydroxylation is 1. The second kappa shape index (κ2) is 6.40. The van der Waals surface area contributed by atoms with Crippen LogP contribution in [0.15, 0.2) is 32.3 Å². The number of carboxylic acids is 1. The van der Waals surface area contributed by atoms with Gasteiger partial charge in [-0.05, 0) is 36.3 Å². The Morgan fingerprint density at radius 1 is 1.42 bits per heavy atom. The SMILES string of the molecule is CCSc1cccc(Sc2nc(C)ns2)c1C(=O)O. The fourth-order valence-corrected chi connectivity index (χ4v) is 4.15. The Morgan fingerprint density at radius 3 is 2.74 bits per heavy atom. The molecule has 2 rings (SSSR count). The number of carboxylic acid groups (broad SMARTS) is 1. The number of benzene rings is 1. The third kappa shape index (κ3) is 3.49. The topological polar surface area (TPSA) is 63.1 Å². The van der Waals surface area contributed by atoms with Crippen molar-refractivity contribution in [3.05, 3.63) is 29.6 Å². The molecule has 0 unspecified atom stereocenters. The van der Waals surface area contributed by atoms with Gasteiger partial charge in [-0.2, -0.15) is 4.37 Å². The van der Waals surface area contributed by atoms with Crippen molar-refractivity contribution in [3.63, 3.8) is 0 Å². The van der Waals surface area contributed by atoms with Crippen LogP contribution in [0, 0.1) is 6.92 Å². The Balaban J connectivity index is 2.38. The molecule has 0 spiro atoms. The number of aromatic nitrogens is 2. The van der Waals surface area contributed by atoms with E-state index in [9.17, 15) is 9.90 Å². The summed E-state index contributed by atoms with van der Waals surface area (Å²) in [6, 6.07) is 5.53. The summed E-state index contributed by atoms with van der Waals surface area (Å²) in [4.78, 5) is 17.2. The van der Waals surface area contributed by atoms with Gasteiger partial charge >= 0.3 is 5.97 Å². The number of thioether (sulfide) groups is 1. The molecule has 1 aromatic carbocycles. The van der Waals surface area contributed by atoms with E-state index < -0.39 is 5.97 Å². The smallest absolute Gasteiger partial charge is 0.337 e. The summed E-state index contributed by atoms with van der Waals surface area (Å²) in [6.45, 7) is 3.83. The average Bonchev–Trinajstić information content (AvgIpc) is 2.75. The molecule has 4 nitrogen and oxygen atoms in total. The van der Waals surface area contributed by atoms with Gasteiger partial charge < -0.3 is 5.11 Å². The molecule has 19 heavy (non-hydrogen) atoms. The first-order valence-electron chi connectivity index (χ1n) is 5.59. The van der Waals surface area contributed by atoms with Crippen LogP contribution in [0.5, 0.6) is 0 Å². The summed E-state index contributed by atoms with van der Waals surface area (Å²) in [7, 11) is 0. The predicted octanol–water partition coefficient (Wildman–Crippen LogP) is 3.81. The number of hydrogen-bond donors (Lipinski definition) is 1. The minimum atomic E-state index is -0.903. The van der Waals surface area contributed by atoms with E-state index in [1.165, 1.54) is 35.1 Å². The molecule has 0 fully saturated rings. The van der Waals surface area contributed by atoms with Gasteiger partial charge in [-0.3, -0.25) is 0 Å². The van der Waals surface area contributed by atoms with Crippen molar-refractivity contribution < 1.29 is 9.90 Å². The van der Waals surface area contributed by atoms with Crippen LogP contribution >= 0.6 is 35.1 Å². The highest BCUT2D eigenvalue weighted by molar-refractivity contribution is 8.01. The maximum absolute atomic E-state index is 11.5. The summed E-state index contributed by atoms with van der Waals surface area (Å²) in [5, 5.41) is 9.40. The number of carbonyl (C=O) groups is 1. The second-order valence-corrected chi connectivity index (χ2v) is 6.92. The van der Waals surface area contributed by atoms with Gasteiger partial charge in [0, 0.05) is 9.79 Å². The zero-order chi connectivity index (χ0) is 13.8. The van der Waals surface area contributed by atoms with E-state index in [2.05, 4.69) is 9.36 Å². The molecule has 1 aromatic heterocycles. The van der Waals surface area contributed by atoms with E-state index in [-0.39, 0.29) is 0 Å². The van der Waals surface area contributed by atoms with Crippen LogP contribution in [0.2, 0.25) is 0 Å². The Bertz CT molecular complexity index is 598. The lowest BCUT2D eigenvalue weighted by atomic mass is 10.2. The lowest BCUT2D eigenvalue weighted by Gasteiger charge is -2.08. The molecule has 0 aliphatic carbocycles. The molecule has 100 valence electrons. The van der Waals surface area contributed by atoms with E-state index in [0.717, 1.165) is 15.0 Å². The zero-order valence-electron chi connectivity index (χ0n) is 10.4. The lowest BCUT2D eigenvalue weighted by Crippen LogP contribution is -2.01.